The zero-order valence-electron chi connectivity index (χ0n) is 9.97. The summed E-state index contributed by atoms with van der Waals surface area (Å²) in [7, 11) is 0. The molecule has 88 valence electrons. The molecule has 0 spiro atoms. The Labute approximate surface area is 102 Å². The van der Waals surface area contributed by atoms with Gasteiger partial charge in [0.1, 0.15) is 6.10 Å². The Morgan fingerprint density at radius 2 is 1.35 bits per heavy atom. The van der Waals surface area contributed by atoms with Crippen LogP contribution in [-0.2, 0) is 4.84 Å². The highest BCUT2D eigenvalue weighted by Gasteiger charge is 2.13. The SMILES string of the molecule is CCNOC(c1ccccc1)c1ccccc1. The molecule has 0 atom stereocenters. The molecule has 0 fully saturated rings. The predicted octanol–water partition coefficient (Wildman–Crippen LogP) is 3.32. The smallest absolute Gasteiger partial charge is 0.129 e. The molecule has 0 aliphatic heterocycles. The van der Waals surface area contributed by atoms with E-state index >= 15 is 0 Å². The lowest BCUT2D eigenvalue weighted by atomic mass is 10.0. The van der Waals surface area contributed by atoms with Crippen molar-refractivity contribution in [1.29, 1.82) is 0 Å². The fourth-order valence-electron chi connectivity index (χ4n) is 1.75. The molecule has 2 rings (SSSR count). The zero-order chi connectivity index (χ0) is 11.9. The number of benzene rings is 2. The van der Waals surface area contributed by atoms with Crippen LogP contribution in [-0.4, -0.2) is 6.54 Å². The van der Waals surface area contributed by atoms with Crippen molar-refractivity contribution in [1.82, 2.24) is 5.48 Å². The highest BCUT2D eigenvalue weighted by molar-refractivity contribution is 5.29. The summed E-state index contributed by atoms with van der Waals surface area (Å²) >= 11 is 0. The van der Waals surface area contributed by atoms with Crippen LogP contribution in [0, 0.1) is 0 Å². The van der Waals surface area contributed by atoms with Crippen molar-refractivity contribution in [2.75, 3.05) is 6.54 Å². The summed E-state index contributed by atoms with van der Waals surface area (Å²) in [6.45, 7) is 2.81. The summed E-state index contributed by atoms with van der Waals surface area (Å²) in [4.78, 5) is 5.71. The molecule has 0 aromatic heterocycles. The highest BCUT2D eigenvalue weighted by Crippen LogP contribution is 2.24. The van der Waals surface area contributed by atoms with E-state index in [-0.39, 0.29) is 6.10 Å². The van der Waals surface area contributed by atoms with Gasteiger partial charge in [-0.15, -0.1) is 0 Å². The maximum atomic E-state index is 5.71. The maximum absolute atomic E-state index is 5.71. The van der Waals surface area contributed by atoms with Crippen molar-refractivity contribution in [2.24, 2.45) is 0 Å². The van der Waals surface area contributed by atoms with Crippen LogP contribution in [0.4, 0.5) is 0 Å². The Bertz CT molecular complexity index is 388. The van der Waals surface area contributed by atoms with Gasteiger partial charge in [0.05, 0.1) is 0 Å². The summed E-state index contributed by atoms with van der Waals surface area (Å²) in [5.41, 5.74) is 5.25. The topological polar surface area (TPSA) is 21.3 Å². The van der Waals surface area contributed by atoms with E-state index in [0.717, 1.165) is 17.7 Å². The summed E-state index contributed by atoms with van der Waals surface area (Å²) in [6.07, 6.45) is -0.0580. The Morgan fingerprint density at radius 3 is 1.76 bits per heavy atom. The van der Waals surface area contributed by atoms with E-state index in [0.29, 0.717) is 0 Å². The van der Waals surface area contributed by atoms with E-state index in [4.69, 9.17) is 4.84 Å². The van der Waals surface area contributed by atoms with E-state index in [2.05, 4.69) is 29.7 Å². The first-order valence-corrected chi connectivity index (χ1v) is 5.90. The molecule has 0 bridgehead atoms. The number of rotatable bonds is 5. The van der Waals surface area contributed by atoms with E-state index in [1.54, 1.807) is 0 Å². The molecule has 2 aromatic carbocycles. The molecular formula is C15H17NO. The van der Waals surface area contributed by atoms with Crippen molar-refractivity contribution < 1.29 is 4.84 Å². The van der Waals surface area contributed by atoms with Crippen LogP contribution in [0.25, 0.3) is 0 Å². The third kappa shape index (κ3) is 3.16. The molecule has 0 heterocycles. The molecular weight excluding hydrogens is 210 g/mol. The summed E-state index contributed by atoms with van der Waals surface area (Å²) in [5.74, 6) is 0. The van der Waals surface area contributed by atoms with Crippen LogP contribution >= 0.6 is 0 Å². The molecule has 2 nitrogen and oxygen atoms in total. The lowest BCUT2D eigenvalue weighted by molar-refractivity contribution is -0.00180. The first-order valence-electron chi connectivity index (χ1n) is 5.90. The highest BCUT2D eigenvalue weighted by atomic mass is 16.7. The zero-order valence-corrected chi connectivity index (χ0v) is 9.97. The molecule has 0 aliphatic carbocycles. The lowest BCUT2D eigenvalue weighted by Crippen LogP contribution is -2.19. The van der Waals surface area contributed by atoms with Crippen LogP contribution in [0.5, 0.6) is 0 Å². The summed E-state index contributed by atoms with van der Waals surface area (Å²) in [6, 6.07) is 20.5. The Morgan fingerprint density at radius 1 is 0.882 bits per heavy atom. The quantitative estimate of drug-likeness (QED) is 0.791. The van der Waals surface area contributed by atoms with Crippen molar-refractivity contribution in [3.8, 4) is 0 Å². The molecule has 0 amide bonds. The van der Waals surface area contributed by atoms with Crippen LogP contribution in [0.2, 0.25) is 0 Å². The molecule has 0 saturated heterocycles. The number of hydrogen-bond donors (Lipinski definition) is 1. The molecule has 1 N–H and O–H groups in total. The molecule has 2 aromatic rings. The summed E-state index contributed by atoms with van der Waals surface area (Å²) in [5, 5.41) is 0. The minimum atomic E-state index is -0.0580. The number of hydroxylamine groups is 1. The Hall–Kier alpha value is -1.64. The first kappa shape index (κ1) is 11.8. The minimum absolute atomic E-state index is 0.0580. The van der Waals surface area contributed by atoms with Crippen molar-refractivity contribution in [3.05, 3.63) is 71.8 Å². The average molecular weight is 227 g/mol. The van der Waals surface area contributed by atoms with Crippen molar-refractivity contribution in [2.45, 2.75) is 13.0 Å². The average Bonchev–Trinajstić information content (AvgIpc) is 2.42. The fourth-order valence-corrected chi connectivity index (χ4v) is 1.75. The number of nitrogens with one attached hydrogen (secondary N) is 1. The molecule has 17 heavy (non-hydrogen) atoms. The van der Waals surface area contributed by atoms with Gasteiger partial charge in [0.25, 0.3) is 0 Å². The van der Waals surface area contributed by atoms with Gasteiger partial charge in [0.2, 0.25) is 0 Å². The normalized spacial score (nSPS) is 10.7. The molecule has 0 radical (unpaired) electrons. The van der Waals surface area contributed by atoms with Gasteiger partial charge in [-0.05, 0) is 11.1 Å². The fraction of sp³-hybridized carbons (Fsp3) is 0.200. The van der Waals surface area contributed by atoms with E-state index < -0.39 is 0 Å². The lowest BCUT2D eigenvalue weighted by Gasteiger charge is -2.18. The summed E-state index contributed by atoms with van der Waals surface area (Å²) < 4.78 is 0. The maximum Gasteiger partial charge on any atom is 0.129 e. The van der Waals surface area contributed by atoms with E-state index in [1.165, 1.54) is 0 Å². The second kappa shape index (κ2) is 6.18. The largest absolute Gasteiger partial charge is 0.289 e. The third-order valence-corrected chi connectivity index (χ3v) is 2.55. The van der Waals surface area contributed by atoms with Crippen LogP contribution in [0.1, 0.15) is 24.2 Å². The van der Waals surface area contributed by atoms with Gasteiger partial charge in [-0.25, -0.2) is 5.48 Å². The van der Waals surface area contributed by atoms with Crippen molar-refractivity contribution in [3.63, 3.8) is 0 Å². The van der Waals surface area contributed by atoms with Crippen LogP contribution in [0.3, 0.4) is 0 Å². The monoisotopic (exact) mass is 227 g/mol. The third-order valence-electron chi connectivity index (χ3n) is 2.55. The van der Waals surface area contributed by atoms with Gasteiger partial charge in [0, 0.05) is 6.54 Å². The van der Waals surface area contributed by atoms with Crippen LogP contribution < -0.4 is 5.48 Å². The van der Waals surface area contributed by atoms with Crippen molar-refractivity contribution >= 4 is 0 Å². The standard InChI is InChI=1S/C15H17NO/c1-2-16-17-15(13-9-5-3-6-10-13)14-11-7-4-8-12-14/h3-12,15-16H,2H2,1H3. The Balaban J connectivity index is 2.26. The minimum Gasteiger partial charge on any atom is -0.289 e. The first-order chi connectivity index (χ1) is 8.42. The van der Waals surface area contributed by atoms with Gasteiger partial charge in [-0.2, -0.15) is 0 Å². The van der Waals surface area contributed by atoms with Gasteiger partial charge >= 0.3 is 0 Å². The second-order valence-corrected chi connectivity index (χ2v) is 3.82. The second-order valence-electron chi connectivity index (χ2n) is 3.82. The van der Waals surface area contributed by atoms with Gasteiger partial charge < -0.3 is 0 Å². The van der Waals surface area contributed by atoms with E-state index in [1.807, 2.05) is 43.3 Å². The molecule has 0 saturated carbocycles. The van der Waals surface area contributed by atoms with Crippen LogP contribution in [0.15, 0.2) is 60.7 Å². The molecule has 0 aliphatic rings. The molecule has 0 unspecified atom stereocenters. The molecule has 2 heteroatoms. The number of hydrogen-bond acceptors (Lipinski definition) is 2. The van der Waals surface area contributed by atoms with Gasteiger partial charge in [-0.1, -0.05) is 67.6 Å². The van der Waals surface area contributed by atoms with Gasteiger partial charge in [-0.3, -0.25) is 4.84 Å². The van der Waals surface area contributed by atoms with Gasteiger partial charge in [0.15, 0.2) is 0 Å². The van der Waals surface area contributed by atoms with E-state index in [9.17, 15) is 0 Å². The predicted molar refractivity (Wildman–Crippen MR) is 69.5 cm³/mol. The Kier molecular flexibility index (Phi) is 4.30.